The summed E-state index contributed by atoms with van der Waals surface area (Å²) in [6.45, 7) is 0.305. The fourth-order valence-corrected chi connectivity index (χ4v) is 2.82. The molecule has 0 saturated carbocycles. The van der Waals surface area contributed by atoms with Gasteiger partial charge in [0.15, 0.2) is 0 Å². The summed E-state index contributed by atoms with van der Waals surface area (Å²) in [5, 5.41) is 24.9. The third-order valence-electron chi connectivity index (χ3n) is 4.64. The van der Waals surface area contributed by atoms with Crippen LogP contribution in [-0.4, -0.2) is 82.4 Å². The number of aliphatic carboxylic acids is 2. The van der Waals surface area contributed by atoms with Crippen molar-refractivity contribution >= 4 is 41.5 Å². The summed E-state index contributed by atoms with van der Waals surface area (Å²) < 4.78 is 0. The molecule has 16 heteroatoms. The van der Waals surface area contributed by atoms with Crippen LogP contribution in [0.15, 0.2) is 0 Å². The number of carboxylic acids is 2. The lowest BCUT2D eigenvalue weighted by Crippen LogP contribution is -2.57. The summed E-state index contributed by atoms with van der Waals surface area (Å²) in [5.74, 6) is -7.69. The summed E-state index contributed by atoms with van der Waals surface area (Å²) in [4.78, 5) is 82.3. The summed E-state index contributed by atoms with van der Waals surface area (Å²) in [6, 6.07) is -5.99. The number of nitrogens with two attached hydrogens (primary N) is 4. The Morgan fingerprint density at radius 3 is 1.71 bits per heavy atom. The summed E-state index contributed by atoms with van der Waals surface area (Å²) >= 11 is 0. The summed E-state index contributed by atoms with van der Waals surface area (Å²) in [7, 11) is 0. The van der Waals surface area contributed by atoms with Crippen molar-refractivity contribution in [2.45, 2.75) is 69.1 Å². The molecule has 4 atom stereocenters. The molecule has 0 spiro atoms. The molecule has 0 radical (unpaired) electrons. The van der Waals surface area contributed by atoms with Gasteiger partial charge in [-0.1, -0.05) is 0 Å². The van der Waals surface area contributed by atoms with Crippen LogP contribution in [0.1, 0.15) is 44.9 Å². The van der Waals surface area contributed by atoms with Crippen molar-refractivity contribution in [2.75, 3.05) is 6.54 Å². The van der Waals surface area contributed by atoms with Gasteiger partial charge < -0.3 is 49.1 Å². The second-order valence-corrected chi connectivity index (χ2v) is 7.69. The second-order valence-electron chi connectivity index (χ2n) is 7.69. The van der Waals surface area contributed by atoms with E-state index in [4.69, 9.17) is 28.0 Å². The lowest BCUT2D eigenvalue weighted by Gasteiger charge is -2.24. The third kappa shape index (κ3) is 13.5. The Morgan fingerprint density at radius 2 is 1.23 bits per heavy atom. The van der Waals surface area contributed by atoms with E-state index in [9.17, 15) is 38.7 Å². The molecule has 0 rings (SSSR count). The van der Waals surface area contributed by atoms with Crippen molar-refractivity contribution in [3.8, 4) is 0 Å². The molecule has 4 unspecified atom stereocenters. The number of amides is 5. The van der Waals surface area contributed by atoms with Crippen molar-refractivity contribution in [3.63, 3.8) is 0 Å². The van der Waals surface area contributed by atoms with E-state index in [-0.39, 0.29) is 19.3 Å². The maximum atomic E-state index is 12.7. The van der Waals surface area contributed by atoms with Crippen LogP contribution >= 0.6 is 0 Å². The molecule has 0 aliphatic rings. The monoisotopic (exact) mass is 503 g/mol. The van der Waals surface area contributed by atoms with E-state index < -0.39 is 78.5 Å². The normalized spacial score (nSPS) is 14.0. The Labute approximate surface area is 200 Å². The van der Waals surface area contributed by atoms with Crippen molar-refractivity contribution in [2.24, 2.45) is 22.9 Å². The molecule has 0 bridgehead atoms. The number of hydrogen-bond donors (Lipinski definition) is 9. The van der Waals surface area contributed by atoms with E-state index in [2.05, 4.69) is 16.0 Å². The van der Waals surface area contributed by atoms with Crippen LogP contribution in [0.2, 0.25) is 0 Å². The van der Waals surface area contributed by atoms with Gasteiger partial charge in [-0.2, -0.15) is 0 Å². The van der Waals surface area contributed by atoms with Crippen LogP contribution in [0.5, 0.6) is 0 Å². The van der Waals surface area contributed by atoms with Crippen LogP contribution in [0, 0.1) is 0 Å². The fourth-order valence-electron chi connectivity index (χ4n) is 2.82. The van der Waals surface area contributed by atoms with Gasteiger partial charge in [0.05, 0.1) is 18.9 Å². The third-order valence-corrected chi connectivity index (χ3v) is 4.64. The summed E-state index contributed by atoms with van der Waals surface area (Å²) in [5.41, 5.74) is 20.9. The number of carboxylic acid groups (broad SMARTS) is 2. The number of carbonyl (C=O) groups is 7. The Kier molecular flexibility index (Phi) is 14.2. The molecule has 0 aliphatic carbocycles. The van der Waals surface area contributed by atoms with Gasteiger partial charge in [0.2, 0.25) is 29.5 Å². The standard InChI is InChI=1S/C19H33N7O9/c20-6-2-1-3-11(19(34)35)25-18(33)12(8-15(29)30)26-17(32)10(4-5-13(22)27)24-16(31)9(21)7-14(23)28/h9-12H,1-8,20-21H2,(H2,22,27)(H2,23,28)(H,24,31)(H,25,33)(H,26,32)(H,29,30)(H,34,35). The number of carbonyl (C=O) groups excluding carboxylic acids is 5. The molecule has 0 aromatic heterocycles. The number of unbranched alkanes of at least 4 members (excludes halogenated alkanes) is 1. The molecular formula is C19H33N7O9. The number of hydrogen-bond acceptors (Lipinski definition) is 9. The molecular weight excluding hydrogens is 470 g/mol. The molecule has 0 fully saturated rings. The molecule has 0 saturated heterocycles. The van der Waals surface area contributed by atoms with E-state index in [1.807, 2.05) is 0 Å². The number of rotatable bonds is 18. The zero-order valence-corrected chi connectivity index (χ0v) is 19.0. The van der Waals surface area contributed by atoms with Crippen molar-refractivity contribution in [1.82, 2.24) is 16.0 Å². The molecule has 16 nitrogen and oxygen atoms in total. The zero-order valence-electron chi connectivity index (χ0n) is 19.0. The molecule has 0 aliphatic heterocycles. The van der Waals surface area contributed by atoms with Crippen LogP contribution in [0.25, 0.3) is 0 Å². The Morgan fingerprint density at radius 1 is 0.686 bits per heavy atom. The SMILES string of the molecule is NCCCCC(NC(=O)C(CC(=O)O)NC(=O)C(CCC(N)=O)NC(=O)C(N)CC(N)=O)C(=O)O. The van der Waals surface area contributed by atoms with E-state index >= 15 is 0 Å². The molecule has 198 valence electrons. The van der Waals surface area contributed by atoms with Crippen molar-refractivity contribution < 1.29 is 43.8 Å². The van der Waals surface area contributed by atoms with Gasteiger partial charge in [-0.25, -0.2) is 4.79 Å². The van der Waals surface area contributed by atoms with Gasteiger partial charge in [-0.15, -0.1) is 0 Å². The Hall–Kier alpha value is -3.79. The lowest BCUT2D eigenvalue weighted by atomic mass is 10.1. The highest BCUT2D eigenvalue weighted by Crippen LogP contribution is 2.05. The topological polar surface area (TPSA) is 300 Å². The van der Waals surface area contributed by atoms with Gasteiger partial charge in [-0.3, -0.25) is 28.8 Å². The first-order valence-corrected chi connectivity index (χ1v) is 10.7. The molecule has 0 heterocycles. The van der Waals surface area contributed by atoms with Crippen LogP contribution in [0.4, 0.5) is 0 Å². The van der Waals surface area contributed by atoms with Gasteiger partial charge >= 0.3 is 11.9 Å². The van der Waals surface area contributed by atoms with Crippen molar-refractivity contribution in [1.29, 1.82) is 0 Å². The zero-order chi connectivity index (χ0) is 27.1. The van der Waals surface area contributed by atoms with E-state index in [0.717, 1.165) is 0 Å². The molecule has 13 N–H and O–H groups in total. The van der Waals surface area contributed by atoms with Gasteiger partial charge in [0.1, 0.15) is 18.1 Å². The quantitative estimate of drug-likeness (QED) is 0.0804. The predicted octanol–water partition coefficient (Wildman–Crippen LogP) is -4.40. The average molecular weight is 504 g/mol. The largest absolute Gasteiger partial charge is 0.481 e. The van der Waals surface area contributed by atoms with Crippen molar-refractivity contribution in [3.05, 3.63) is 0 Å². The Bertz CT molecular complexity index is 806. The van der Waals surface area contributed by atoms with E-state index in [1.165, 1.54) is 0 Å². The number of primary amides is 2. The smallest absolute Gasteiger partial charge is 0.326 e. The highest BCUT2D eigenvalue weighted by atomic mass is 16.4. The first kappa shape index (κ1) is 31.2. The first-order valence-electron chi connectivity index (χ1n) is 10.7. The molecule has 35 heavy (non-hydrogen) atoms. The second kappa shape index (κ2) is 15.9. The average Bonchev–Trinajstić information content (AvgIpc) is 2.73. The molecule has 0 aromatic rings. The van der Waals surface area contributed by atoms with E-state index in [1.54, 1.807) is 0 Å². The van der Waals surface area contributed by atoms with Gasteiger partial charge in [0.25, 0.3) is 0 Å². The van der Waals surface area contributed by atoms with Crippen LogP contribution in [0.3, 0.4) is 0 Å². The first-order chi connectivity index (χ1) is 16.3. The minimum absolute atomic E-state index is 0.0149. The van der Waals surface area contributed by atoms with Crippen LogP contribution < -0.4 is 38.9 Å². The number of nitrogens with one attached hydrogen (secondary N) is 3. The molecule has 5 amide bonds. The maximum absolute atomic E-state index is 12.7. The highest BCUT2D eigenvalue weighted by molar-refractivity contribution is 5.96. The van der Waals surface area contributed by atoms with Crippen LogP contribution in [-0.2, 0) is 33.6 Å². The lowest BCUT2D eigenvalue weighted by molar-refractivity contribution is -0.143. The maximum Gasteiger partial charge on any atom is 0.326 e. The van der Waals surface area contributed by atoms with E-state index in [0.29, 0.717) is 19.4 Å². The highest BCUT2D eigenvalue weighted by Gasteiger charge is 2.31. The molecule has 0 aromatic carbocycles. The predicted molar refractivity (Wildman–Crippen MR) is 119 cm³/mol. The summed E-state index contributed by atoms with van der Waals surface area (Å²) in [6.07, 6.45) is -1.29. The minimum Gasteiger partial charge on any atom is -0.481 e. The fraction of sp³-hybridized carbons (Fsp3) is 0.632. The minimum atomic E-state index is -1.72. The Balaban J connectivity index is 5.55. The van der Waals surface area contributed by atoms with Gasteiger partial charge in [0, 0.05) is 6.42 Å². The van der Waals surface area contributed by atoms with Gasteiger partial charge in [-0.05, 0) is 32.2 Å².